The number of carbonyl (C=O) groups excluding carboxylic acids is 1. The van der Waals surface area contributed by atoms with E-state index in [9.17, 15) is 4.79 Å². The summed E-state index contributed by atoms with van der Waals surface area (Å²) in [6.45, 7) is 2.64. The van der Waals surface area contributed by atoms with Gasteiger partial charge in [-0.2, -0.15) is 0 Å². The SMILES string of the molecule is C[C@@H](CNC(=O)c1nccc2ccccc12)N(C)c1ccccc1. The molecule has 1 atom stereocenters. The summed E-state index contributed by atoms with van der Waals surface area (Å²) >= 11 is 0. The maximum absolute atomic E-state index is 12.5. The number of likely N-dealkylation sites (N-methyl/N-ethyl adjacent to an activating group) is 1. The molecule has 0 aliphatic heterocycles. The molecule has 122 valence electrons. The highest BCUT2D eigenvalue weighted by atomic mass is 16.1. The van der Waals surface area contributed by atoms with Crippen molar-refractivity contribution in [3.8, 4) is 0 Å². The molecule has 0 aliphatic carbocycles. The Morgan fingerprint density at radius 3 is 2.58 bits per heavy atom. The monoisotopic (exact) mass is 319 g/mol. The number of hydrogen-bond donors (Lipinski definition) is 1. The predicted octanol–water partition coefficient (Wildman–Crippen LogP) is 3.49. The molecule has 2 aromatic carbocycles. The molecule has 4 heteroatoms. The summed E-state index contributed by atoms with van der Waals surface area (Å²) in [7, 11) is 2.03. The fraction of sp³-hybridized carbons (Fsp3) is 0.200. The molecule has 3 aromatic rings. The minimum absolute atomic E-state index is 0.139. The Kier molecular flexibility index (Phi) is 4.75. The summed E-state index contributed by atoms with van der Waals surface area (Å²) in [6.07, 6.45) is 1.68. The highest BCUT2D eigenvalue weighted by Gasteiger charge is 2.14. The van der Waals surface area contributed by atoms with E-state index in [-0.39, 0.29) is 11.9 Å². The Morgan fingerprint density at radius 1 is 1.08 bits per heavy atom. The first-order valence-corrected chi connectivity index (χ1v) is 8.06. The highest BCUT2D eigenvalue weighted by Crippen LogP contribution is 2.17. The van der Waals surface area contributed by atoms with Gasteiger partial charge in [0, 0.05) is 36.9 Å². The molecule has 3 rings (SSSR count). The van der Waals surface area contributed by atoms with E-state index in [1.165, 1.54) is 0 Å². The van der Waals surface area contributed by atoms with E-state index in [1.54, 1.807) is 6.20 Å². The summed E-state index contributed by atoms with van der Waals surface area (Å²) < 4.78 is 0. The molecule has 0 saturated heterocycles. The summed E-state index contributed by atoms with van der Waals surface area (Å²) in [4.78, 5) is 18.9. The third-order valence-electron chi connectivity index (χ3n) is 4.27. The zero-order valence-electron chi connectivity index (χ0n) is 13.9. The lowest BCUT2D eigenvalue weighted by Gasteiger charge is -2.27. The zero-order chi connectivity index (χ0) is 16.9. The molecule has 24 heavy (non-hydrogen) atoms. The van der Waals surface area contributed by atoms with E-state index < -0.39 is 0 Å². The van der Waals surface area contributed by atoms with E-state index in [2.05, 4.69) is 34.3 Å². The number of hydrogen-bond acceptors (Lipinski definition) is 3. The van der Waals surface area contributed by atoms with Gasteiger partial charge in [0.25, 0.3) is 5.91 Å². The number of anilines is 1. The van der Waals surface area contributed by atoms with Crippen molar-refractivity contribution in [2.24, 2.45) is 0 Å². The van der Waals surface area contributed by atoms with Crippen molar-refractivity contribution in [1.29, 1.82) is 0 Å². The molecule has 1 aromatic heterocycles. The van der Waals surface area contributed by atoms with Crippen molar-refractivity contribution in [3.63, 3.8) is 0 Å². The number of para-hydroxylation sites is 1. The molecule has 0 bridgehead atoms. The second-order valence-corrected chi connectivity index (χ2v) is 5.89. The Bertz CT molecular complexity index is 827. The third-order valence-corrected chi connectivity index (χ3v) is 4.27. The van der Waals surface area contributed by atoms with Crippen molar-refractivity contribution in [2.75, 3.05) is 18.5 Å². The van der Waals surface area contributed by atoms with Gasteiger partial charge in [0.1, 0.15) is 5.69 Å². The molecule has 0 unspecified atom stereocenters. The maximum atomic E-state index is 12.5. The van der Waals surface area contributed by atoms with Crippen LogP contribution in [0.4, 0.5) is 5.69 Å². The standard InChI is InChI=1S/C20H21N3O/c1-15(23(2)17-9-4-3-5-10-17)14-22-20(24)19-18-11-7-6-8-16(18)12-13-21-19/h3-13,15H,14H2,1-2H3,(H,22,24)/t15-/m0/s1. The fourth-order valence-electron chi connectivity index (χ4n) is 2.68. The first kappa shape index (κ1) is 16.0. The topological polar surface area (TPSA) is 45.2 Å². The fourth-order valence-corrected chi connectivity index (χ4v) is 2.68. The molecule has 0 saturated carbocycles. The lowest BCUT2D eigenvalue weighted by atomic mass is 10.1. The van der Waals surface area contributed by atoms with Crippen LogP contribution in [0.3, 0.4) is 0 Å². The van der Waals surface area contributed by atoms with Gasteiger partial charge in [0.15, 0.2) is 0 Å². The van der Waals surface area contributed by atoms with E-state index >= 15 is 0 Å². The molecule has 0 radical (unpaired) electrons. The van der Waals surface area contributed by atoms with Gasteiger partial charge in [0.05, 0.1) is 0 Å². The van der Waals surface area contributed by atoms with E-state index in [0.29, 0.717) is 12.2 Å². The summed E-state index contributed by atoms with van der Waals surface area (Å²) in [6, 6.07) is 20.0. The van der Waals surface area contributed by atoms with Crippen molar-refractivity contribution >= 4 is 22.4 Å². The molecule has 0 fully saturated rings. The van der Waals surface area contributed by atoms with E-state index in [1.807, 2.05) is 55.6 Å². The number of aromatic nitrogens is 1. The first-order chi connectivity index (χ1) is 11.7. The molecule has 0 aliphatic rings. The molecule has 1 N–H and O–H groups in total. The van der Waals surface area contributed by atoms with E-state index in [4.69, 9.17) is 0 Å². The van der Waals surface area contributed by atoms with Crippen LogP contribution in [0.25, 0.3) is 10.8 Å². The first-order valence-electron chi connectivity index (χ1n) is 8.06. The van der Waals surface area contributed by atoms with Crippen LogP contribution in [0.15, 0.2) is 66.9 Å². The van der Waals surface area contributed by atoms with Gasteiger partial charge in [-0.3, -0.25) is 9.78 Å². The molecule has 4 nitrogen and oxygen atoms in total. The van der Waals surface area contributed by atoms with E-state index in [0.717, 1.165) is 16.5 Å². The number of rotatable bonds is 5. The Balaban J connectivity index is 1.69. The maximum Gasteiger partial charge on any atom is 0.270 e. The average molecular weight is 319 g/mol. The summed E-state index contributed by atoms with van der Waals surface area (Å²) in [5.41, 5.74) is 1.60. The predicted molar refractivity (Wildman–Crippen MR) is 98.4 cm³/mol. The smallest absolute Gasteiger partial charge is 0.270 e. The van der Waals surface area contributed by atoms with Gasteiger partial charge in [-0.25, -0.2) is 0 Å². The zero-order valence-corrected chi connectivity index (χ0v) is 13.9. The molecule has 1 amide bonds. The van der Waals surface area contributed by atoms with Crippen LogP contribution in [0.5, 0.6) is 0 Å². The van der Waals surface area contributed by atoms with Gasteiger partial charge in [-0.15, -0.1) is 0 Å². The van der Waals surface area contributed by atoms with Gasteiger partial charge in [-0.05, 0) is 30.5 Å². The minimum atomic E-state index is -0.139. The second-order valence-electron chi connectivity index (χ2n) is 5.89. The van der Waals surface area contributed by atoms with Crippen LogP contribution >= 0.6 is 0 Å². The molecular formula is C20H21N3O. The normalized spacial score (nSPS) is 11.9. The van der Waals surface area contributed by atoms with Gasteiger partial charge in [0.2, 0.25) is 0 Å². The van der Waals surface area contributed by atoms with Crippen molar-refractivity contribution < 1.29 is 4.79 Å². The van der Waals surface area contributed by atoms with Gasteiger partial charge in [-0.1, -0.05) is 42.5 Å². The number of benzene rings is 2. The summed E-state index contributed by atoms with van der Waals surface area (Å²) in [5, 5.41) is 4.90. The Morgan fingerprint density at radius 2 is 1.79 bits per heavy atom. The van der Waals surface area contributed by atoms with Crippen LogP contribution < -0.4 is 10.2 Å². The van der Waals surface area contributed by atoms with Crippen LogP contribution in [0.2, 0.25) is 0 Å². The number of nitrogens with zero attached hydrogens (tertiary/aromatic N) is 2. The highest BCUT2D eigenvalue weighted by molar-refractivity contribution is 6.05. The lowest BCUT2D eigenvalue weighted by Crippen LogP contribution is -2.40. The quantitative estimate of drug-likeness (QED) is 0.783. The lowest BCUT2D eigenvalue weighted by molar-refractivity contribution is 0.0948. The van der Waals surface area contributed by atoms with Crippen LogP contribution in [0.1, 0.15) is 17.4 Å². The van der Waals surface area contributed by atoms with Crippen molar-refractivity contribution in [3.05, 3.63) is 72.6 Å². The number of fused-ring (bicyclic) bond motifs is 1. The second kappa shape index (κ2) is 7.13. The molecule has 1 heterocycles. The molecular weight excluding hydrogens is 298 g/mol. The van der Waals surface area contributed by atoms with Crippen LogP contribution in [-0.4, -0.2) is 30.5 Å². The largest absolute Gasteiger partial charge is 0.370 e. The average Bonchev–Trinajstić information content (AvgIpc) is 2.65. The number of amides is 1. The summed E-state index contributed by atoms with van der Waals surface area (Å²) in [5.74, 6) is -0.139. The number of pyridine rings is 1. The Labute approximate surface area is 142 Å². The third kappa shape index (κ3) is 3.38. The Hall–Kier alpha value is -2.88. The van der Waals surface area contributed by atoms with Crippen LogP contribution in [-0.2, 0) is 0 Å². The van der Waals surface area contributed by atoms with Crippen molar-refractivity contribution in [2.45, 2.75) is 13.0 Å². The van der Waals surface area contributed by atoms with Crippen molar-refractivity contribution in [1.82, 2.24) is 10.3 Å². The van der Waals surface area contributed by atoms with Crippen LogP contribution in [0, 0.1) is 0 Å². The number of nitrogens with one attached hydrogen (secondary N) is 1. The van der Waals surface area contributed by atoms with Gasteiger partial charge >= 0.3 is 0 Å². The van der Waals surface area contributed by atoms with Gasteiger partial charge < -0.3 is 10.2 Å². The molecule has 0 spiro atoms. The number of carbonyl (C=O) groups is 1. The minimum Gasteiger partial charge on any atom is -0.370 e.